The molecule has 108 valence electrons. The van der Waals surface area contributed by atoms with E-state index in [1.54, 1.807) is 7.11 Å². The van der Waals surface area contributed by atoms with Crippen LogP contribution in [0.3, 0.4) is 0 Å². The second-order valence-corrected chi connectivity index (χ2v) is 4.14. The van der Waals surface area contributed by atoms with E-state index in [0.717, 1.165) is 12.1 Å². The maximum absolute atomic E-state index is 9.64. The van der Waals surface area contributed by atoms with Crippen molar-refractivity contribution in [3.63, 3.8) is 0 Å². The number of hydrogen-bond acceptors (Lipinski definition) is 5. The van der Waals surface area contributed by atoms with Crippen LogP contribution in [-0.2, 0) is 11.3 Å². The fraction of sp³-hybridized carbons (Fsp3) is 0.571. The molecule has 0 bridgehead atoms. The molecule has 0 saturated carbocycles. The monoisotopic (exact) mass is 269 g/mol. The molecule has 0 spiro atoms. The van der Waals surface area contributed by atoms with Crippen LogP contribution in [0.4, 0.5) is 0 Å². The highest BCUT2D eigenvalue weighted by Crippen LogP contribution is 2.28. The third kappa shape index (κ3) is 5.46. The van der Waals surface area contributed by atoms with Gasteiger partial charge in [0.1, 0.15) is 12.7 Å². The molecular formula is C14H23NO4. The molecule has 0 aliphatic rings. The van der Waals surface area contributed by atoms with Crippen LogP contribution in [0.5, 0.6) is 11.5 Å². The molecular weight excluding hydrogens is 246 g/mol. The maximum atomic E-state index is 9.64. The highest BCUT2D eigenvalue weighted by atomic mass is 16.5. The van der Waals surface area contributed by atoms with Crippen molar-refractivity contribution in [3.8, 4) is 11.5 Å². The SMILES string of the molecule is CCOCC(O)COc1ccc(CNC)cc1OC. The van der Waals surface area contributed by atoms with E-state index in [2.05, 4.69) is 5.32 Å². The zero-order chi connectivity index (χ0) is 14.1. The summed E-state index contributed by atoms with van der Waals surface area (Å²) >= 11 is 0. The van der Waals surface area contributed by atoms with Crippen LogP contribution in [0.1, 0.15) is 12.5 Å². The number of nitrogens with one attached hydrogen (secondary N) is 1. The summed E-state index contributed by atoms with van der Waals surface area (Å²) in [4.78, 5) is 0. The van der Waals surface area contributed by atoms with Gasteiger partial charge in [0.05, 0.1) is 13.7 Å². The predicted molar refractivity (Wildman–Crippen MR) is 73.8 cm³/mol. The van der Waals surface area contributed by atoms with Gasteiger partial charge in [0.15, 0.2) is 11.5 Å². The van der Waals surface area contributed by atoms with Gasteiger partial charge in [-0.05, 0) is 31.7 Å². The van der Waals surface area contributed by atoms with Crippen molar-refractivity contribution in [2.45, 2.75) is 19.6 Å². The topological polar surface area (TPSA) is 60.0 Å². The molecule has 5 nitrogen and oxygen atoms in total. The Hall–Kier alpha value is -1.30. The molecule has 0 heterocycles. The molecule has 0 aliphatic carbocycles. The fourth-order valence-electron chi connectivity index (χ4n) is 1.63. The molecule has 0 fully saturated rings. The Morgan fingerprint density at radius 3 is 2.68 bits per heavy atom. The minimum absolute atomic E-state index is 0.182. The Morgan fingerprint density at radius 2 is 2.05 bits per heavy atom. The summed E-state index contributed by atoms with van der Waals surface area (Å²) in [6.07, 6.45) is -0.637. The number of aliphatic hydroxyl groups is 1. The van der Waals surface area contributed by atoms with Gasteiger partial charge in [-0.15, -0.1) is 0 Å². The molecule has 1 unspecified atom stereocenters. The van der Waals surface area contributed by atoms with Crippen LogP contribution < -0.4 is 14.8 Å². The highest BCUT2D eigenvalue weighted by Gasteiger charge is 2.09. The van der Waals surface area contributed by atoms with Gasteiger partial charge < -0.3 is 24.6 Å². The third-order valence-corrected chi connectivity index (χ3v) is 2.55. The van der Waals surface area contributed by atoms with E-state index in [1.165, 1.54) is 0 Å². The van der Waals surface area contributed by atoms with Crippen LogP contribution >= 0.6 is 0 Å². The maximum Gasteiger partial charge on any atom is 0.161 e. The molecule has 0 aromatic heterocycles. The highest BCUT2D eigenvalue weighted by molar-refractivity contribution is 5.42. The van der Waals surface area contributed by atoms with Crippen molar-refractivity contribution in [1.29, 1.82) is 0 Å². The number of methoxy groups -OCH3 is 1. The average Bonchev–Trinajstić information content (AvgIpc) is 2.43. The van der Waals surface area contributed by atoms with Gasteiger partial charge in [0, 0.05) is 13.2 Å². The lowest BCUT2D eigenvalue weighted by molar-refractivity contribution is 0.0159. The predicted octanol–water partition coefficient (Wildman–Crippen LogP) is 1.19. The van der Waals surface area contributed by atoms with Gasteiger partial charge in [-0.25, -0.2) is 0 Å². The zero-order valence-corrected chi connectivity index (χ0v) is 11.8. The zero-order valence-electron chi connectivity index (χ0n) is 11.8. The van der Waals surface area contributed by atoms with Crippen molar-refractivity contribution in [1.82, 2.24) is 5.32 Å². The largest absolute Gasteiger partial charge is 0.493 e. The molecule has 0 radical (unpaired) electrons. The second kappa shape index (κ2) is 8.74. The molecule has 0 amide bonds. The minimum Gasteiger partial charge on any atom is -0.493 e. The lowest BCUT2D eigenvalue weighted by atomic mass is 10.2. The van der Waals surface area contributed by atoms with Gasteiger partial charge in [-0.1, -0.05) is 6.07 Å². The van der Waals surface area contributed by atoms with Crippen LogP contribution in [0.15, 0.2) is 18.2 Å². The normalized spacial score (nSPS) is 12.2. The Labute approximate surface area is 114 Å². The molecule has 1 rings (SSSR count). The number of rotatable bonds is 9. The number of hydrogen-bond donors (Lipinski definition) is 2. The number of ether oxygens (including phenoxy) is 3. The lowest BCUT2D eigenvalue weighted by Gasteiger charge is -2.15. The molecule has 1 atom stereocenters. The fourth-order valence-corrected chi connectivity index (χ4v) is 1.63. The van der Waals surface area contributed by atoms with E-state index in [-0.39, 0.29) is 13.2 Å². The minimum atomic E-state index is -0.637. The summed E-state index contributed by atoms with van der Waals surface area (Å²) in [5, 5.41) is 12.7. The van der Waals surface area contributed by atoms with E-state index in [1.807, 2.05) is 32.2 Å². The Balaban J connectivity index is 2.57. The first-order valence-corrected chi connectivity index (χ1v) is 6.41. The van der Waals surface area contributed by atoms with Crippen molar-refractivity contribution in [3.05, 3.63) is 23.8 Å². The van der Waals surface area contributed by atoms with Crippen molar-refractivity contribution < 1.29 is 19.3 Å². The van der Waals surface area contributed by atoms with Gasteiger partial charge in [-0.3, -0.25) is 0 Å². The van der Waals surface area contributed by atoms with Crippen molar-refractivity contribution >= 4 is 0 Å². The first kappa shape index (κ1) is 15.8. The number of benzene rings is 1. The molecule has 2 N–H and O–H groups in total. The summed E-state index contributed by atoms with van der Waals surface area (Å²) in [7, 11) is 3.49. The molecule has 1 aromatic rings. The van der Waals surface area contributed by atoms with Crippen LogP contribution in [0, 0.1) is 0 Å². The van der Waals surface area contributed by atoms with Gasteiger partial charge in [0.2, 0.25) is 0 Å². The molecule has 5 heteroatoms. The Morgan fingerprint density at radius 1 is 1.26 bits per heavy atom. The van der Waals surface area contributed by atoms with Gasteiger partial charge in [0.25, 0.3) is 0 Å². The van der Waals surface area contributed by atoms with Gasteiger partial charge >= 0.3 is 0 Å². The molecule has 19 heavy (non-hydrogen) atoms. The molecule has 1 aromatic carbocycles. The number of aliphatic hydroxyl groups excluding tert-OH is 1. The smallest absolute Gasteiger partial charge is 0.161 e. The average molecular weight is 269 g/mol. The van der Waals surface area contributed by atoms with Gasteiger partial charge in [-0.2, -0.15) is 0 Å². The van der Waals surface area contributed by atoms with Crippen LogP contribution in [-0.4, -0.2) is 45.2 Å². The first-order chi connectivity index (χ1) is 9.21. The quantitative estimate of drug-likeness (QED) is 0.705. The second-order valence-electron chi connectivity index (χ2n) is 4.14. The van der Waals surface area contributed by atoms with E-state index in [4.69, 9.17) is 14.2 Å². The lowest BCUT2D eigenvalue weighted by Crippen LogP contribution is -2.23. The van der Waals surface area contributed by atoms with Crippen molar-refractivity contribution in [2.24, 2.45) is 0 Å². The van der Waals surface area contributed by atoms with E-state index < -0.39 is 6.10 Å². The van der Waals surface area contributed by atoms with E-state index >= 15 is 0 Å². The summed E-state index contributed by atoms with van der Waals surface area (Å²) in [5.41, 5.74) is 1.11. The standard InChI is InChI=1S/C14H23NO4/c1-4-18-9-12(16)10-19-13-6-5-11(8-15-2)7-14(13)17-3/h5-7,12,15-16H,4,8-10H2,1-3H3. The summed E-state index contributed by atoms with van der Waals surface area (Å²) in [5.74, 6) is 1.29. The molecule has 0 saturated heterocycles. The Kier molecular flexibility index (Phi) is 7.25. The summed E-state index contributed by atoms with van der Waals surface area (Å²) < 4.78 is 15.9. The summed E-state index contributed by atoms with van der Waals surface area (Å²) in [6, 6.07) is 5.73. The molecule has 0 aliphatic heterocycles. The Bertz CT molecular complexity index is 370. The van der Waals surface area contributed by atoms with E-state index in [9.17, 15) is 5.11 Å². The van der Waals surface area contributed by atoms with Crippen molar-refractivity contribution in [2.75, 3.05) is 34.0 Å². The summed E-state index contributed by atoms with van der Waals surface area (Å²) in [6.45, 7) is 3.69. The van der Waals surface area contributed by atoms with Crippen LogP contribution in [0.2, 0.25) is 0 Å². The third-order valence-electron chi connectivity index (χ3n) is 2.55. The first-order valence-electron chi connectivity index (χ1n) is 6.41. The van der Waals surface area contributed by atoms with E-state index in [0.29, 0.717) is 18.1 Å². The van der Waals surface area contributed by atoms with Crippen LogP contribution in [0.25, 0.3) is 0 Å².